The molecule has 2 atom stereocenters. The van der Waals surface area contributed by atoms with Crippen LogP contribution in [0.5, 0.6) is 0 Å². The van der Waals surface area contributed by atoms with E-state index in [0.717, 1.165) is 12.3 Å². The molecule has 1 aliphatic heterocycles. The minimum absolute atomic E-state index is 0.343. The van der Waals surface area contributed by atoms with Crippen LogP contribution >= 0.6 is 0 Å². The van der Waals surface area contributed by atoms with Crippen LogP contribution in [-0.2, 0) is 11.2 Å². The van der Waals surface area contributed by atoms with Crippen molar-refractivity contribution < 1.29 is 4.74 Å². The second kappa shape index (κ2) is 8.86. The van der Waals surface area contributed by atoms with E-state index in [0.29, 0.717) is 6.10 Å². The summed E-state index contributed by atoms with van der Waals surface area (Å²) in [5.41, 5.74) is 4.51. The Morgan fingerprint density at radius 1 is 0.966 bits per heavy atom. The Labute approximate surface area is 175 Å². The fourth-order valence-electron chi connectivity index (χ4n) is 4.75. The number of benzene rings is 3. The second-order valence-corrected chi connectivity index (χ2v) is 8.46. The topological polar surface area (TPSA) is 9.23 Å². The van der Waals surface area contributed by atoms with Crippen LogP contribution in [-0.4, -0.2) is 6.10 Å². The molecular formula is C28H32O. The fourth-order valence-corrected chi connectivity index (χ4v) is 4.75. The molecule has 1 aliphatic carbocycles. The van der Waals surface area contributed by atoms with Gasteiger partial charge in [0.05, 0.1) is 6.26 Å². The van der Waals surface area contributed by atoms with Gasteiger partial charge in [-0.05, 0) is 82.8 Å². The van der Waals surface area contributed by atoms with Crippen LogP contribution in [0.3, 0.4) is 0 Å². The maximum Gasteiger partial charge on any atom is 0.119 e. The third-order valence-electron chi connectivity index (χ3n) is 6.41. The van der Waals surface area contributed by atoms with Gasteiger partial charge in [0, 0.05) is 0 Å². The van der Waals surface area contributed by atoms with E-state index in [1.165, 1.54) is 52.8 Å². The standard InChI is InChI=1S/C19H18.C9H14O/c1-13-5-4-8-17-15(13)11-12-18-16-7-3-2-6-14(16)9-10-19(17)18;1-3-5-9-8(2)6-4-7-10-9/h2-3,6-7,9-13H,4-5,8H2,1H3;4,6-7,9H,3,5H2,1-2H3. The first kappa shape index (κ1) is 19.8. The lowest BCUT2D eigenvalue weighted by Gasteiger charge is -2.24. The minimum atomic E-state index is 0.343. The predicted molar refractivity (Wildman–Crippen MR) is 125 cm³/mol. The summed E-state index contributed by atoms with van der Waals surface area (Å²) in [7, 11) is 0. The SMILES string of the molecule is CC1CCCc2c1ccc1c2ccc2ccccc21.CCCC1OC=CC=C1C. The molecule has 1 heterocycles. The van der Waals surface area contributed by atoms with E-state index >= 15 is 0 Å². The largest absolute Gasteiger partial charge is 0.494 e. The summed E-state index contributed by atoms with van der Waals surface area (Å²) in [5.74, 6) is 0.722. The van der Waals surface area contributed by atoms with Crippen molar-refractivity contribution in [2.24, 2.45) is 0 Å². The first-order valence-corrected chi connectivity index (χ1v) is 11.1. The Kier molecular flexibility index (Phi) is 6.04. The molecule has 0 amide bonds. The van der Waals surface area contributed by atoms with Crippen LogP contribution in [0, 0.1) is 0 Å². The minimum Gasteiger partial charge on any atom is -0.494 e. The van der Waals surface area contributed by atoms with Crippen molar-refractivity contribution in [2.75, 3.05) is 0 Å². The van der Waals surface area contributed by atoms with Crippen LogP contribution in [0.2, 0.25) is 0 Å². The molecule has 150 valence electrons. The Bertz CT molecular complexity index is 1060. The molecule has 0 radical (unpaired) electrons. The Morgan fingerprint density at radius 2 is 1.79 bits per heavy atom. The number of rotatable bonds is 2. The first-order valence-electron chi connectivity index (χ1n) is 11.1. The molecule has 5 rings (SSSR count). The smallest absolute Gasteiger partial charge is 0.119 e. The number of aryl methyl sites for hydroxylation is 1. The Balaban J connectivity index is 0.000000174. The molecule has 0 saturated heterocycles. The van der Waals surface area contributed by atoms with Crippen LogP contribution in [0.1, 0.15) is 63.5 Å². The molecule has 3 aromatic rings. The summed E-state index contributed by atoms with van der Waals surface area (Å²) in [6.45, 7) is 6.66. The van der Waals surface area contributed by atoms with Gasteiger partial charge >= 0.3 is 0 Å². The third-order valence-corrected chi connectivity index (χ3v) is 6.41. The summed E-state index contributed by atoms with van der Waals surface area (Å²) < 4.78 is 5.38. The zero-order valence-corrected chi connectivity index (χ0v) is 17.9. The van der Waals surface area contributed by atoms with Gasteiger partial charge in [0.25, 0.3) is 0 Å². The molecule has 0 spiro atoms. The summed E-state index contributed by atoms with van der Waals surface area (Å²) >= 11 is 0. The summed E-state index contributed by atoms with van der Waals surface area (Å²) in [6.07, 6.45) is 12.4. The van der Waals surface area contributed by atoms with E-state index in [-0.39, 0.29) is 0 Å². The monoisotopic (exact) mass is 384 g/mol. The van der Waals surface area contributed by atoms with Gasteiger partial charge in [-0.25, -0.2) is 0 Å². The molecular weight excluding hydrogens is 352 g/mol. The van der Waals surface area contributed by atoms with Gasteiger partial charge in [-0.15, -0.1) is 0 Å². The van der Waals surface area contributed by atoms with E-state index in [9.17, 15) is 0 Å². The number of hydrogen-bond donors (Lipinski definition) is 0. The van der Waals surface area contributed by atoms with Crippen molar-refractivity contribution in [2.45, 2.75) is 64.9 Å². The van der Waals surface area contributed by atoms with Crippen molar-refractivity contribution in [3.63, 3.8) is 0 Å². The normalized spacial score (nSPS) is 20.4. The quantitative estimate of drug-likeness (QED) is 0.406. The molecule has 0 fully saturated rings. The van der Waals surface area contributed by atoms with Crippen molar-refractivity contribution >= 4 is 21.5 Å². The van der Waals surface area contributed by atoms with Gasteiger partial charge in [-0.3, -0.25) is 0 Å². The van der Waals surface area contributed by atoms with E-state index in [1.54, 1.807) is 17.4 Å². The van der Waals surface area contributed by atoms with E-state index in [2.05, 4.69) is 75.4 Å². The third kappa shape index (κ3) is 4.10. The van der Waals surface area contributed by atoms with Gasteiger partial charge in [0.2, 0.25) is 0 Å². The van der Waals surface area contributed by atoms with E-state index < -0.39 is 0 Å². The van der Waals surface area contributed by atoms with Gasteiger partial charge in [0.15, 0.2) is 0 Å². The lowest BCUT2D eigenvalue weighted by atomic mass is 9.81. The number of ether oxygens (including phenoxy) is 1. The highest BCUT2D eigenvalue weighted by molar-refractivity contribution is 6.08. The van der Waals surface area contributed by atoms with Gasteiger partial charge in [-0.2, -0.15) is 0 Å². The molecule has 1 heteroatoms. The average Bonchev–Trinajstić information content (AvgIpc) is 2.76. The van der Waals surface area contributed by atoms with Crippen molar-refractivity contribution in [3.05, 3.63) is 83.6 Å². The summed E-state index contributed by atoms with van der Waals surface area (Å²) in [5, 5.41) is 5.63. The van der Waals surface area contributed by atoms with Gasteiger partial charge < -0.3 is 4.74 Å². The van der Waals surface area contributed by atoms with Crippen molar-refractivity contribution in [1.82, 2.24) is 0 Å². The Hall–Kier alpha value is -2.54. The Morgan fingerprint density at radius 3 is 2.62 bits per heavy atom. The van der Waals surface area contributed by atoms with E-state index in [4.69, 9.17) is 4.74 Å². The molecule has 2 unspecified atom stereocenters. The molecule has 0 N–H and O–H groups in total. The maximum absolute atomic E-state index is 5.38. The maximum atomic E-state index is 5.38. The summed E-state index contributed by atoms with van der Waals surface area (Å²) in [6, 6.07) is 18.0. The van der Waals surface area contributed by atoms with Crippen LogP contribution in [0.15, 0.2) is 72.5 Å². The van der Waals surface area contributed by atoms with Gasteiger partial charge in [0.1, 0.15) is 6.10 Å². The molecule has 1 nitrogen and oxygen atoms in total. The lowest BCUT2D eigenvalue weighted by molar-refractivity contribution is 0.162. The molecule has 0 saturated carbocycles. The first-order chi connectivity index (χ1) is 14.2. The average molecular weight is 385 g/mol. The highest BCUT2D eigenvalue weighted by Crippen LogP contribution is 2.37. The number of fused-ring (bicyclic) bond motifs is 5. The van der Waals surface area contributed by atoms with Crippen molar-refractivity contribution in [1.29, 1.82) is 0 Å². The molecule has 0 bridgehead atoms. The lowest BCUT2D eigenvalue weighted by Crippen LogP contribution is -2.12. The molecule has 0 aromatic heterocycles. The highest BCUT2D eigenvalue weighted by atomic mass is 16.5. The molecule has 29 heavy (non-hydrogen) atoms. The highest BCUT2D eigenvalue weighted by Gasteiger charge is 2.18. The molecule has 2 aliphatic rings. The van der Waals surface area contributed by atoms with E-state index in [1.807, 2.05) is 6.08 Å². The zero-order chi connectivity index (χ0) is 20.2. The second-order valence-electron chi connectivity index (χ2n) is 8.46. The molecule has 3 aromatic carbocycles. The van der Waals surface area contributed by atoms with Gasteiger partial charge in [-0.1, -0.05) is 74.9 Å². The van der Waals surface area contributed by atoms with Crippen LogP contribution in [0.4, 0.5) is 0 Å². The number of allylic oxidation sites excluding steroid dienone is 2. The summed E-state index contributed by atoms with van der Waals surface area (Å²) in [4.78, 5) is 0. The number of hydrogen-bond acceptors (Lipinski definition) is 1. The van der Waals surface area contributed by atoms with Crippen LogP contribution < -0.4 is 0 Å². The fraction of sp³-hybridized carbons (Fsp3) is 0.357. The van der Waals surface area contributed by atoms with Crippen molar-refractivity contribution in [3.8, 4) is 0 Å². The predicted octanol–water partition coefficient (Wildman–Crippen LogP) is 8.08. The zero-order valence-electron chi connectivity index (χ0n) is 17.9. The van der Waals surface area contributed by atoms with Crippen LogP contribution in [0.25, 0.3) is 21.5 Å².